The van der Waals surface area contributed by atoms with Crippen molar-refractivity contribution in [2.75, 3.05) is 0 Å². The molecule has 2 aromatic carbocycles. The van der Waals surface area contributed by atoms with Crippen LogP contribution in [0, 0.1) is 0 Å². The van der Waals surface area contributed by atoms with Gasteiger partial charge in [-0.05, 0) is 24.3 Å². The molecule has 0 aliphatic rings. The summed E-state index contributed by atoms with van der Waals surface area (Å²) in [6.07, 6.45) is -2.74. The monoisotopic (exact) mass is 451 g/mol. The van der Waals surface area contributed by atoms with E-state index in [4.69, 9.17) is 27.9 Å². The summed E-state index contributed by atoms with van der Waals surface area (Å²) in [5.41, 5.74) is -1.74. The van der Waals surface area contributed by atoms with E-state index in [2.05, 4.69) is 10.1 Å². The minimum Gasteiger partial charge on any atom is -0.453 e. The zero-order valence-corrected chi connectivity index (χ0v) is 16.3. The lowest BCUT2D eigenvalue weighted by Crippen LogP contribution is -2.23. The maximum absolute atomic E-state index is 12.7. The van der Waals surface area contributed by atoms with Crippen LogP contribution in [0.25, 0.3) is 16.6 Å². The van der Waals surface area contributed by atoms with Crippen LogP contribution in [0.4, 0.5) is 13.2 Å². The second-order valence-corrected chi connectivity index (χ2v) is 6.92. The number of fused-ring (bicyclic) bond motifs is 1. The van der Waals surface area contributed by atoms with Gasteiger partial charge in [0.25, 0.3) is 5.56 Å². The van der Waals surface area contributed by atoms with Crippen molar-refractivity contribution >= 4 is 34.0 Å². The van der Waals surface area contributed by atoms with E-state index in [9.17, 15) is 18.0 Å². The molecule has 10 heteroatoms. The maximum Gasteiger partial charge on any atom is 0.417 e. The number of ether oxygens (including phenoxy) is 1. The quantitative estimate of drug-likeness (QED) is 0.389. The van der Waals surface area contributed by atoms with Gasteiger partial charge in [-0.15, -0.1) is 0 Å². The second-order valence-electron chi connectivity index (χ2n) is 6.14. The fourth-order valence-electron chi connectivity index (χ4n) is 2.77. The summed E-state index contributed by atoms with van der Waals surface area (Å²) >= 11 is 12.3. The van der Waals surface area contributed by atoms with E-state index in [1.54, 1.807) is 24.3 Å². The first-order valence-corrected chi connectivity index (χ1v) is 9.18. The molecule has 0 N–H and O–H groups in total. The lowest BCUT2D eigenvalue weighted by atomic mass is 10.1. The number of hydrogen-bond donors (Lipinski definition) is 0. The normalized spacial score (nSPS) is 11.6. The molecule has 152 valence electrons. The molecule has 4 rings (SSSR count). The fourth-order valence-corrected chi connectivity index (χ4v) is 3.17. The molecular weight excluding hydrogens is 442 g/mol. The number of hydrogen-bond acceptors (Lipinski definition) is 4. The zero-order valence-electron chi connectivity index (χ0n) is 14.8. The lowest BCUT2D eigenvalue weighted by Gasteiger charge is -2.12. The van der Waals surface area contributed by atoms with Crippen LogP contribution in [0.5, 0.6) is 11.5 Å². The molecule has 2 aromatic heterocycles. The molecule has 0 fully saturated rings. The van der Waals surface area contributed by atoms with Crippen LogP contribution in [-0.4, -0.2) is 14.8 Å². The van der Waals surface area contributed by atoms with E-state index in [1.165, 1.54) is 6.20 Å². The standard InChI is InChI=1S/C20H10Cl2F3N3O2/c21-14-6-7-15(13-4-2-1-3-12(13)14)30-16-10-27-28(19(29)18(16)22)17-8-5-11(9-26-17)20(23,24)25/h1-10H. The average Bonchev–Trinajstić information content (AvgIpc) is 2.73. The van der Waals surface area contributed by atoms with Gasteiger partial charge in [0, 0.05) is 22.0 Å². The average molecular weight is 452 g/mol. The Balaban J connectivity index is 1.71. The van der Waals surface area contributed by atoms with Gasteiger partial charge in [0.2, 0.25) is 0 Å². The first kappa shape index (κ1) is 20.2. The van der Waals surface area contributed by atoms with Gasteiger partial charge in [0.05, 0.1) is 11.8 Å². The topological polar surface area (TPSA) is 57.0 Å². The van der Waals surface area contributed by atoms with Crippen LogP contribution < -0.4 is 10.3 Å². The molecule has 4 aromatic rings. The van der Waals surface area contributed by atoms with E-state index in [0.717, 1.165) is 22.2 Å². The van der Waals surface area contributed by atoms with Gasteiger partial charge in [-0.1, -0.05) is 47.5 Å². The number of rotatable bonds is 3. The summed E-state index contributed by atoms with van der Waals surface area (Å²) in [5.74, 6) is 0.277. The Hall–Kier alpha value is -3.10. The van der Waals surface area contributed by atoms with E-state index < -0.39 is 17.3 Å². The van der Waals surface area contributed by atoms with Crippen molar-refractivity contribution in [1.29, 1.82) is 0 Å². The van der Waals surface area contributed by atoms with Crippen molar-refractivity contribution in [3.63, 3.8) is 0 Å². The van der Waals surface area contributed by atoms with Crippen LogP contribution >= 0.6 is 23.2 Å². The summed E-state index contributed by atoms with van der Waals surface area (Å²) in [6, 6.07) is 12.3. The molecule has 0 atom stereocenters. The van der Waals surface area contributed by atoms with E-state index in [1.807, 2.05) is 12.1 Å². The molecule has 0 unspecified atom stereocenters. The minimum absolute atomic E-state index is 0.0164. The van der Waals surface area contributed by atoms with Gasteiger partial charge >= 0.3 is 6.18 Å². The first-order valence-electron chi connectivity index (χ1n) is 8.42. The molecule has 2 heterocycles. The largest absolute Gasteiger partial charge is 0.453 e. The van der Waals surface area contributed by atoms with Crippen molar-refractivity contribution in [3.8, 4) is 17.3 Å². The van der Waals surface area contributed by atoms with Gasteiger partial charge in [0.1, 0.15) is 5.75 Å². The molecule has 0 bridgehead atoms. The summed E-state index contributed by atoms with van der Waals surface area (Å²) in [5, 5.41) is 5.61. The third-order valence-electron chi connectivity index (χ3n) is 4.23. The smallest absolute Gasteiger partial charge is 0.417 e. The summed E-state index contributed by atoms with van der Waals surface area (Å²) in [7, 11) is 0. The van der Waals surface area contributed by atoms with E-state index in [0.29, 0.717) is 22.4 Å². The Kier molecular flexibility index (Phi) is 5.13. The van der Waals surface area contributed by atoms with Crippen molar-refractivity contribution in [1.82, 2.24) is 14.8 Å². The molecule has 5 nitrogen and oxygen atoms in total. The van der Waals surface area contributed by atoms with Crippen molar-refractivity contribution < 1.29 is 17.9 Å². The van der Waals surface area contributed by atoms with Gasteiger partial charge in [0.15, 0.2) is 16.6 Å². The zero-order chi connectivity index (χ0) is 21.5. The molecule has 0 saturated carbocycles. The first-order chi connectivity index (χ1) is 14.3. The number of pyridine rings is 1. The third-order valence-corrected chi connectivity index (χ3v) is 4.91. The molecule has 0 radical (unpaired) electrons. The predicted octanol–water partition coefficient (Wildman–Crippen LogP) is 5.90. The highest BCUT2D eigenvalue weighted by atomic mass is 35.5. The number of benzene rings is 2. The van der Waals surface area contributed by atoms with E-state index in [-0.39, 0.29) is 16.6 Å². The summed E-state index contributed by atoms with van der Waals surface area (Å²) < 4.78 is 44.6. The predicted molar refractivity (Wildman–Crippen MR) is 107 cm³/mol. The molecule has 0 spiro atoms. The fraction of sp³-hybridized carbons (Fsp3) is 0.0500. The van der Waals surface area contributed by atoms with Crippen LogP contribution in [-0.2, 0) is 6.18 Å². The molecular formula is C20H10Cl2F3N3O2. The summed E-state index contributed by atoms with van der Waals surface area (Å²) in [4.78, 5) is 16.2. The Morgan fingerprint density at radius 2 is 1.63 bits per heavy atom. The highest BCUT2D eigenvalue weighted by molar-refractivity contribution is 6.35. The summed E-state index contributed by atoms with van der Waals surface area (Å²) in [6.45, 7) is 0. The molecule has 0 saturated heterocycles. The Morgan fingerprint density at radius 3 is 2.30 bits per heavy atom. The molecule has 0 aliphatic carbocycles. The minimum atomic E-state index is -4.54. The maximum atomic E-state index is 12.7. The Labute approximate surface area is 177 Å². The molecule has 0 aliphatic heterocycles. The van der Waals surface area contributed by atoms with Crippen LogP contribution in [0.15, 0.2) is 65.7 Å². The van der Waals surface area contributed by atoms with Crippen molar-refractivity contribution in [2.24, 2.45) is 0 Å². The number of alkyl halides is 3. The number of aromatic nitrogens is 3. The van der Waals surface area contributed by atoms with Crippen molar-refractivity contribution in [3.05, 3.63) is 86.9 Å². The van der Waals surface area contributed by atoms with Crippen molar-refractivity contribution in [2.45, 2.75) is 6.18 Å². The van der Waals surface area contributed by atoms with Gasteiger partial charge in [-0.25, -0.2) is 4.98 Å². The van der Waals surface area contributed by atoms with Gasteiger partial charge in [-0.2, -0.15) is 23.0 Å². The Bertz CT molecular complexity index is 1310. The molecule has 30 heavy (non-hydrogen) atoms. The third kappa shape index (κ3) is 3.71. The van der Waals surface area contributed by atoms with Gasteiger partial charge in [-0.3, -0.25) is 4.79 Å². The van der Waals surface area contributed by atoms with Crippen LogP contribution in [0.3, 0.4) is 0 Å². The SMILES string of the molecule is O=c1c(Cl)c(Oc2ccc(Cl)c3ccccc23)cnn1-c1ccc(C(F)(F)F)cn1. The second kappa shape index (κ2) is 7.62. The lowest BCUT2D eigenvalue weighted by molar-refractivity contribution is -0.137. The van der Waals surface area contributed by atoms with Crippen LogP contribution in [0.2, 0.25) is 10.0 Å². The number of nitrogens with zero attached hydrogens (tertiary/aromatic N) is 3. The number of halogens is 5. The highest BCUT2D eigenvalue weighted by Gasteiger charge is 2.30. The Morgan fingerprint density at radius 1 is 0.900 bits per heavy atom. The van der Waals surface area contributed by atoms with Crippen LogP contribution in [0.1, 0.15) is 5.56 Å². The molecule has 0 amide bonds. The van der Waals surface area contributed by atoms with E-state index >= 15 is 0 Å². The highest BCUT2D eigenvalue weighted by Crippen LogP contribution is 2.35. The van der Waals surface area contributed by atoms with Gasteiger partial charge < -0.3 is 4.74 Å².